The molecule has 0 radical (unpaired) electrons. The van der Waals surface area contributed by atoms with Gasteiger partial charge < -0.3 is 48.8 Å². The van der Waals surface area contributed by atoms with E-state index in [-0.39, 0.29) is 76.6 Å². The summed E-state index contributed by atoms with van der Waals surface area (Å²) in [6, 6.07) is 26.6. The van der Waals surface area contributed by atoms with Crippen LogP contribution in [-0.2, 0) is 27.6 Å². The van der Waals surface area contributed by atoms with Crippen molar-refractivity contribution in [2.24, 2.45) is 5.92 Å². The predicted octanol–water partition coefficient (Wildman–Crippen LogP) is 21.6. The molecule has 0 bridgehead atoms. The van der Waals surface area contributed by atoms with Gasteiger partial charge in [-0.25, -0.2) is 0 Å². The zero-order valence-corrected chi connectivity index (χ0v) is 75.0. The molecule has 3 rings (SSSR count). The Morgan fingerprint density at radius 2 is 0.750 bits per heavy atom. The highest BCUT2D eigenvalue weighted by Gasteiger charge is 2.39. The first-order chi connectivity index (χ1) is 51.1. The van der Waals surface area contributed by atoms with Crippen molar-refractivity contribution in [2.75, 3.05) is 53.2 Å². The van der Waals surface area contributed by atoms with Gasteiger partial charge in [-0.3, -0.25) is 24.5 Å². The second-order valence-electron chi connectivity index (χ2n) is 34.5. The van der Waals surface area contributed by atoms with Crippen LogP contribution in [-0.4, -0.2) is 153 Å². The number of hydrogen-bond donors (Lipinski definition) is 6. The van der Waals surface area contributed by atoms with Crippen LogP contribution < -0.4 is 16.0 Å². The molecule has 0 aliphatic rings. The van der Waals surface area contributed by atoms with Crippen LogP contribution >= 0.6 is 0 Å². The van der Waals surface area contributed by atoms with Crippen molar-refractivity contribution < 1.29 is 57.3 Å². The molecule has 0 aromatic heterocycles. The summed E-state index contributed by atoms with van der Waals surface area (Å²) in [6.07, 6.45) is 40.9. The quantitative estimate of drug-likeness (QED) is 0.00773. The predicted molar refractivity (Wildman–Crippen MR) is 462 cm³/mol. The Bertz CT molecular complexity index is 2750. The Morgan fingerprint density at radius 3 is 1.08 bits per heavy atom. The Balaban J connectivity index is 0.00000146. The van der Waals surface area contributed by atoms with Gasteiger partial charge in [0.1, 0.15) is 12.3 Å². The van der Waals surface area contributed by atoms with Crippen molar-refractivity contribution in [1.82, 2.24) is 16.0 Å². The summed E-state index contributed by atoms with van der Waals surface area (Å²) in [7, 11) is -4.01. The molecule has 15 nitrogen and oxygen atoms in total. The van der Waals surface area contributed by atoms with Gasteiger partial charge in [0.2, 0.25) is 0 Å². The second kappa shape index (κ2) is 60.4. The number of aliphatic hydroxyl groups excluding tert-OH is 3. The molecule has 0 saturated heterocycles. The highest BCUT2D eigenvalue weighted by atomic mass is 28.4. The van der Waals surface area contributed by atoms with Crippen LogP contribution in [0.15, 0.2) is 103 Å². The lowest BCUT2D eigenvalue weighted by Crippen LogP contribution is -2.42. The number of methoxy groups -OCH3 is 1. The van der Waals surface area contributed by atoms with E-state index in [1.54, 1.807) is 36.4 Å². The third-order valence-corrected chi connectivity index (χ3v) is 35.7. The first-order valence-corrected chi connectivity index (χ1v) is 50.8. The number of ether oxygens (including phenoxy) is 1. The fourth-order valence-corrected chi connectivity index (χ4v) is 14.4. The van der Waals surface area contributed by atoms with Crippen molar-refractivity contribution in [1.29, 1.82) is 0 Å². The van der Waals surface area contributed by atoms with Crippen molar-refractivity contribution in [3.8, 4) is 0 Å². The third kappa shape index (κ3) is 50.1. The van der Waals surface area contributed by atoms with Gasteiger partial charge in [-0.05, 0) is 105 Å². The highest BCUT2D eigenvalue weighted by Crippen LogP contribution is 2.39. The van der Waals surface area contributed by atoms with Crippen LogP contribution in [0.5, 0.6) is 0 Å². The van der Waals surface area contributed by atoms with Crippen LogP contribution in [0.2, 0.25) is 54.4 Å². The number of carbonyl (C=O) groups excluding carboxylic acids is 5. The molecule has 6 atom stereocenters. The number of Topliss-reactive ketones (excluding diaryl/α,β-unsaturated/α-hetero) is 3. The van der Waals surface area contributed by atoms with Crippen molar-refractivity contribution in [2.45, 2.75) is 360 Å². The normalized spacial score (nSPS) is 13.9. The number of ketones is 3. The van der Waals surface area contributed by atoms with E-state index in [1.165, 1.54) is 155 Å². The van der Waals surface area contributed by atoms with E-state index in [1.807, 2.05) is 61.5 Å². The average molecular weight is 1560 g/mol. The molecule has 0 amide bonds. The van der Waals surface area contributed by atoms with E-state index < -0.39 is 49.2 Å². The Labute approximate surface area is 663 Å². The minimum absolute atomic E-state index is 0.0113. The summed E-state index contributed by atoms with van der Waals surface area (Å²) < 4.78 is 23.3. The Hall–Kier alpha value is -4.16. The van der Waals surface area contributed by atoms with E-state index in [4.69, 9.17) is 18.4 Å². The van der Waals surface area contributed by atoms with Crippen LogP contribution in [0.4, 0.5) is 0 Å². The van der Waals surface area contributed by atoms with E-state index in [0.717, 1.165) is 44.1 Å². The Kier molecular flexibility index (Phi) is 58.1. The number of allylic oxidation sites excluding steroid dienone is 1. The van der Waals surface area contributed by atoms with Crippen LogP contribution in [0, 0.1) is 5.92 Å². The molecule has 18 heteroatoms. The molecule has 0 heterocycles. The van der Waals surface area contributed by atoms with Gasteiger partial charge in [-0.1, -0.05) is 334 Å². The van der Waals surface area contributed by atoms with Crippen LogP contribution in [0.25, 0.3) is 0 Å². The van der Waals surface area contributed by atoms with E-state index in [2.05, 4.69) is 148 Å². The monoisotopic (exact) mass is 1560 g/mol. The van der Waals surface area contributed by atoms with Crippen molar-refractivity contribution >= 4 is 54.6 Å². The van der Waals surface area contributed by atoms with E-state index >= 15 is 0 Å². The molecule has 3 aromatic rings. The van der Waals surface area contributed by atoms with E-state index in [0.29, 0.717) is 43.7 Å². The second-order valence-corrected chi connectivity index (χ2v) is 48.9. The van der Waals surface area contributed by atoms with Gasteiger partial charge in [-0.2, -0.15) is 0 Å². The lowest BCUT2D eigenvalue weighted by atomic mass is 9.93. The lowest BCUT2D eigenvalue weighted by molar-refractivity contribution is -0.143. The molecule has 6 N–H and O–H groups in total. The lowest BCUT2D eigenvalue weighted by Gasteiger charge is -2.36. The Morgan fingerprint density at radius 1 is 0.435 bits per heavy atom. The highest BCUT2D eigenvalue weighted by molar-refractivity contribution is 6.74. The number of rotatable bonds is 57. The smallest absolute Gasteiger partial charge is 0.322 e. The summed E-state index contributed by atoms with van der Waals surface area (Å²) in [5, 5.41) is 39.5. The molecule has 620 valence electrons. The van der Waals surface area contributed by atoms with Crippen molar-refractivity contribution in [3.63, 3.8) is 0 Å². The van der Waals surface area contributed by atoms with Gasteiger partial charge in [0.05, 0.1) is 45.0 Å². The molecule has 0 fully saturated rings. The standard InChI is InChI=1S/C33H59NO2Si.C26H56O3Si.C18H29NO3Si.C13H17NO4/c1-7-8-9-10-11-12-13-14-15-16-17-18-19-23-26-31(27-28-36-37(5,6)33(2,3)4)34-29-32(35)30-24-21-20-22-25-30;1-8-9-10-11-12-13-14-15-16-17-18-19-20-24(27)25(28)23(2)21-22-29-30(6,7)26(3,4)5;1-18(2,3)23(4,5)22-12-11-16(14-20)19-13-17(21)15-9-7-6-8-10-15;1-18-13(17)11(7-8-15)14-9-12(16)10-5-3-2-4-6-10/h20-26,31,34H,7-19,27-29H2,1-6H3;23-25,27-28H,8-22H2,1-7H3;6-10,14,16,19H,11-13H2,1-5H3;2-6,11,14-15H,7-9H2,1H3/t31-;23-,24-,25-;16-;11-/m1000/s1. The third-order valence-electron chi connectivity index (χ3n) is 22.1. The maximum Gasteiger partial charge on any atom is 0.322 e. The molecule has 0 aliphatic carbocycles. The number of unbranched alkanes of at least 4 members (excludes halogenated alkanes) is 23. The number of esters is 1. The average Bonchev–Trinajstić information content (AvgIpc) is 0.855. The number of aldehydes is 1. The number of hydrogen-bond acceptors (Lipinski definition) is 15. The van der Waals surface area contributed by atoms with Gasteiger partial charge in [0, 0.05) is 49.2 Å². The molecule has 3 aromatic carbocycles. The van der Waals surface area contributed by atoms with Crippen LogP contribution in [0.3, 0.4) is 0 Å². The SMILES string of the molecule is CC(C)(C)[Si](C)(C)OCC[C@@H](C=O)NCC(=O)c1ccccc1.CCCCCCCCCCCCCCC=C[C@H](CCO[Si](C)(C)C(C)(C)C)NCC(=O)c1ccccc1.CCCCCCCCCCCCCC[C@H](O)[C@@H](O)[C@@H](C)CCO[Si](C)(C)C(C)(C)C.COC(=O)[C@H](CCO)NCC(=O)c1ccccc1. The molecule has 0 unspecified atom stereocenters. The fraction of sp³-hybridized carbons (Fsp3) is 0.722. The molecule has 108 heavy (non-hydrogen) atoms. The molecular weight excluding hydrogens is 1400 g/mol. The minimum atomic E-state index is -1.79. The van der Waals surface area contributed by atoms with Crippen LogP contribution in [0.1, 0.15) is 307 Å². The summed E-state index contributed by atoms with van der Waals surface area (Å²) in [5.41, 5.74) is 2.01. The van der Waals surface area contributed by atoms with Crippen molar-refractivity contribution in [3.05, 3.63) is 120 Å². The summed E-state index contributed by atoms with van der Waals surface area (Å²) in [5.74, 6) is -0.387. The van der Waals surface area contributed by atoms with Gasteiger partial charge >= 0.3 is 5.97 Å². The fourth-order valence-electron chi connectivity index (χ4n) is 11.2. The summed E-state index contributed by atoms with van der Waals surface area (Å²) in [6.45, 7) is 42.6. The largest absolute Gasteiger partial charge is 0.468 e. The number of aliphatic hydroxyl groups is 3. The number of nitrogens with one attached hydrogen (secondary N) is 3. The minimum Gasteiger partial charge on any atom is -0.468 e. The summed E-state index contributed by atoms with van der Waals surface area (Å²) in [4.78, 5) is 59.0. The number of benzene rings is 3. The van der Waals surface area contributed by atoms with Gasteiger partial charge in [-0.15, -0.1) is 0 Å². The molecule has 0 spiro atoms. The van der Waals surface area contributed by atoms with Gasteiger partial charge in [0.15, 0.2) is 42.3 Å². The van der Waals surface area contributed by atoms with Gasteiger partial charge in [0.25, 0.3) is 0 Å². The maximum absolute atomic E-state index is 12.6. The number of carbonyl (C=O) groups is 5. The zero-order chi connectivity index (χ0) is 81.3. The summed E-state index contributed by atoms with van der Waals surface area (Å²) >= 11 is 0. The molecule has 0 aliphatic heterocycles. The zero-order valence-electron chi connectivity index (χ0n) is 72.0. The molecule has 0 saturated carbocycles. The molecular formula is C90H161N3O12Si3. The topological polar surface area (TPSA) is 219 Å². The first-order valence-electron chi connectivity index (χ1n) is 42.1. The van der Waals surface area contributed by atoms with E-state index in [9.17, 15) is 34.2 Å². The maximum atomic E-state index is 12.6. The first kappa shape index (κ1) is 104.